The van der Waals surface area contributed by atoms with Crippen molar-refractivity contribution in [1.29, 1.82) is 0 Å². The van der Waals surface area contributed by atoms with E-state index in [2.05, 4.69) is 25.4 Å². The first-order chi connectivity index (χ1) is 3.89. The normalized spacial score (nSPS) is 26.4. The summed E-state index contributed by atoms with van der Waals surface area (Å²) in [7, 11) is 0. The number of rotatable bonds is 0. The third kappa shape index (κ3) is 2.80. The third-order valence-corrected chi connectivity index (χ3v) is 1.31. The molecule has 1 unspecified atom stereocenters. The fraction of sp³-hybridized carbons (Fsp3) is 0.714. The molecule has 1 saturated heterocycles. The molecule has 1 aliphatic heterocycles. The molecule has 0 bridgehead atoms. The average molecular weight is 113 g/mol. The SMILES string of the molecule is C=C.CC1CCCN1. The van der Waals surface area contributed by atoms with E-state index in [-0.39, 0.29) is 0 Å². The van der Waals surface area contributed by atoms with Crippen LogP contribution in [0, 0.1) is 0 Å². The van der Waals surface area contributed by atoms with Crippen molar-refractivity contribution in [1.82, 2.24) is 5.32 Å². The Balaban J connectivity index is 0.000000222. The summed E-state index contributed by atoms with van der Waals surface area (Å²) in [5, 5.41) is 3.32. The maximum atomic E-state index is 3.32. The zero-order chi connectivity index (χ0) is 6.41. The fourth-order valence-electron chi connectivity index (χ4n) is 0.859. The van der Waals surface area contributed by atoms with Gasteiger partial charge in [-0.05, 0) is 26.3 Å². The Bertz CT molecular complexity index is 46.3. The molecule has 1 fully saturated rings. The highest BCUT2D eigenvalue weighted by molar-refractivity contribution is 4.67. The molecule has 1 aliphatic rings. The lowest BCUT2D eigenvalue weighted by molar-refractivity contribution is 0.664. The van der Waals surface area contributed by atoms with Crippen LogP contribution in [-0.4, -0.2) is 12.6 Å². The molecule has 0 saturated carbocycles. The van der Waals surface area contributed by atoms with Crippen LogP contribution in [0.1, 0.15) is 19.8 Å². The van der Waals surface area contributed by atoms with Crippen LogP contribution in [0.5, 0.6) is 0 Å². The van der Waals surface area contributed by atoms with Gasteiger partial charge in [0.05, 0.1) is 0 Å². The summed E-state index contributed by atoms with van der Waals surface area (Å²) in [5.41, 5.74) is 0. The molecular formula is C7H15N. The van der Waals surface area contributed by atoms with Crippen LogP contribution in [0.15, 0.2) is 13.2 Å². The minimum absolute atomic E-state index is 0.796. The maximum absolute atomic E-state index is 3.32. The quantitative estimate of drug-likeness (QED) is 0.470. The standard InChI is InChI=1S/C5H11N.C2H4/c1-5-3-2-4-6-5;1-2/h5-6H,2-4H2,1H3;1-2H2. The van der Waals surface area contributed by atoms with E-state index in [1.165, 1.54) is 19.4 Å². The maximum Gasteiger partial charge on any atom is 0.00391 e. The van der Waals surface area contributed by atoms with Gasteiger partial charge in [0.2, 0.25) is 0 Å². The lowest BCUT2D eigenvalue weighted by Crippen LogP contribution is -2.16. The smallest absolute Gasteiger partial charge is 0.00391 e. The van der Waals surface area contributed by atoms with Gasteiger partial charge in [-0.2, -0.15) is 0 Å². The van der Waals surface area contributed by atoms with Crippen molar-refractivity contribution in [2.45, 2.75) is 25.8 Å². The lowest BCUT2D eigenvalue weighted by Gasteiger charge is -1.95. The van der Waals surface area contributed by atoms with Crippen molar-refractivity contribution in [3.63, 3.8) is 0 Å². The minimum Gasteiger partial charge on any atom is -0.314 e. The van der Waals surface area contributed by atoms with Crippen molar-refractivity contribution in [3.05, 3.63) is 13.2 Å². The highest BCUT2D eigenvalue weighted by atomic mass is 14.9. The average Bonchev–Trinajstić information content (AvgIpc) is 2.24. The molecule has 8 heavy (non-hydrogen) atoms. The van der Waals surface area contributed by atoms with Gasteiger partial charge in [-0.15, -0.1) is 13.2 Å². The van der Waals surface area contributed by atoms with Gasteiger partial charge in [0.15, 0.2) is 0 Å². The van der Waals surface area contributed by atoms with E-state index in [0.29, 0.717) is 0 Å². The van der Waals surface area contributed by atoms with E-state index >= 15 is 0 Å². The van der Waals surface area contributed by atoms with E-state index in [4.69, 9.17) is 0 Å². The largest absolute Gasteiger partial charge is 0.314 e. The van der Waals surface area contributed by atoms with Crippen molar-refractivity contribution in [2.24, 2.45) is 0 Å². The summed E-state index contributed by atoms with van der Waals surface area (Å²) in [6.45, 7) is 9.47. The fourth-order valence-corrected chi connectivity index (χ4v) is 0.859. The predicted octanol–water partition coefficient (Wildman–Crippen LogP) is 1.56. The Morgan fingerprint density at radius 2 is 2.12 bits per heavy atom. The van der Waals surface area contributed by atoms with Crippen LogP contribution < -0.4 is 5.32 Å². The Labute approximate surface area is 51.8 Å². The summed E-state index contributed by atoms with van der Waals surface area (Å²) < 4.78 is 0. The number of hydrogen-bond donors (Lipinski definition) is 1. The highest BCUT2D eigenvalue weighted by Gasteiger charge is 2.05. The van der Waals surface area contributed by atoms with E-state index in [1.807, 2.05) is 0 Å². The molecule has 0 aromatic carbocycles. The summed E-state index contributed by atoms with van der Waals surface area (Å²) in [4.78, 5) is 0. The van der Waals surface area contributed by atoms with Crippen molar-refractivity contribution < 1.29 is 0 Å². The molecule has 1 atom stereocenters. The summed E-state index contributed by atoms with van der Waals surface area (Å²) in [6, 6.07) is 0.796. The molecule has 1 rings (SSSR count). The number of hydrogen-bond acceptors (Lipinski definition) is 1. The second kappa shape index (κ2) is 4.85. The number of nitrogens with one attached hydrogen (secondary N) is 1. The first kappa shape index (κ1) is 7.70. The Kier molecular flexibility index (Phi) is 4.67. The van der Waals surface area contributed by atoms with Crippen LogP contribution in [0.3, 0.4) is 0 Å². The van der Waals surface area contributed by atoms with Gasteiger partial charge in [0, 0.05) is 6.04 Å². The molecule has 0 aliphatic carbocycles. The summed E-state index contributed by atoms with van der Waals surface area (Å²) >= 11 is 0. The second-order valence-corrected chi connectivity index (χ2v) is 2.00. The third-order valence-electron chi connectivity index (χ3n) is 1.31. The molecule has 0 radical (unpaired) electrons. The van der Waals surface area contributed by atoms with E-state index in [0.717, 1.165) is 6.04 Å². The van der Waals surface area contributed by atoms with Crippen LogP contribution in [0.4, 0.5) is 0 Å². The highest BCUT2D eigenvalue weighted by Crippen LogP contribution is 2.01. The van der Waals surface area contributed by atoms with Crippen molar-refractivity contribution >= 4 is 0 Å². The summed E-state index contributed by atoms with van der Waals surface area (Å²) in [6.07, 6.45) is 2.75. The Morgan fingerprint density at radius 1 is 1.50 bits per heavy atom. The minimum atomic E-state index is 0.796. The van der Waals surface area contributed by atoms with Gasteiger partial charge in [-0.1, -0.05) is 0 Å². The molecule has 1 nitrogen and oxygen atoms in total. The predicted molar refractivity (Wildman–Crippen MR) is 38.0 cm³/mol. The first-order valence-electron chi connectivity index (χ1n) is 3.13. The van der Waals surface area contributed by atoms with Crippen molar-refractivity contribution in [3.8, 4) is 0 Å². The molecule has 1 N–H and O–H groups in total. The van der Waals surface area contributed by atoms with Gasteiger partial charge in [0.1, 0.15) is 0 Å². The first-order valence-corrected chi connectivity index (χ1v) is 3.13. The Morgan fingerprint density at radius 3 is 2.25 bits per heavy atom. The van der Waals surface area contributed by atoms with Gasteiger partial charge < -0.3 is 5.32 Å². The van der Waals surface area contributed by atoms with Gasteiger partial charge in [0.25, 0.3) is 0 Å². The van der Waals surface area contributed by atoms with Gasteiger partial charge in [-0.25, -0.2) is 0 Å². The molecule has 0 aromatic heterocycles. The topological polar surface area (TPSA) is 12.0 Å². The Hall–Kier alpha value is -0.300. The van der Waals surface area contributed by atoms with Crippen LogP contribution in [0.25, 0.3) is 0 Å². The monoisotopic (exact) mass is 113 g/mol. The lowest BCUT2D eigenvalue weighted by atomic mass is 10.3. The van der Waals surface area contributed by atoms with Gasteiger partial charge in [-0.3, -0.25) is 0 Å². The molecule has 48 valence electrons. The molecule has 1 heterocycles. The zero-order valence-electron chi connectivity index (χ0n) is 5.61. The zero-order valence-corrected chi connectivity index (χ0v) is 5.61. The van der Waals surface area contributed by atoms with Crippen molar-refractivity contribution in [2.75, 3.05) is 6.54 Å². The van der Waals surface area contributed by atoms with Gasteiger partial charge >= 0.3 is 0 Å². The van der Waals surface area contributed by atoms with Crippen LogP contribution in [-0.2, 0) is 0 Å². The van der Waals surface area contributed by atoms with Crippen LogP contribution >= 0.6 is 0 Å². The van der Waals surface area contributed by atoms with Crippen LogP contribution in [0.2, 0.25) is 0 Å². The molecule has 0 aromatic rings. The van der Waals surface area contributed by atoms with E-state index in [1.54, 1.807) is 0 Å². The molecule has 0 spiro atoms. The van der Waals surface area contributed by atoms with E-state index in [9.17, 15) is 0 Å². The molecular weight excluding hydrogens is 98.1 g/mol. The van der Waals surface area contributed by atoms with E-state index < -0.39 is 0 Å². The molecule has 1 heteroatoms. The summed E-state index contributed by atoms with van der Waals surface area (Å²) in [5.74, 6) is 0. The molecule has 0 amide bonds. The second-order valence-electron chi connectivity index (χ2n) is 2.00.